The van der Waals surface area contributed by atoms with Gasteiger partial charge in [-0.3, -0.25) is 10.1 Å². The van der Waals surface area contributed by atoms with Crippen LogP contribution in [-0.4, -0.2) is 24.7 Å². The van der Waals surface area contributed by atoms with E-state index >= 15 is 0 Å². The number of rotatable bonds is 7. The lowest BCUT2D eigenvalue weighted by Gasteiger charge is -2.14. The Morgan fingerprint density at radius 1 is 1.42 bits per heavy atom. The van der Waals surface area contributed by atoms with Gasteiger partial charge >= 0.3 is 5.69 Å². The van der Waals surface area contributed by atoms with Gasteiger partial charge in [0.05, 0.1) is 18.6 Å². The molecule has 0 heterocycles. The van der Waals surface area contributed by atoms with Crippen molar-refractivity contribution in [2.75, 3.05) is 19.0 Å². The SMILES string of the molecule is CCCOc1c(OC)cc(NC(C)C)cc1[N+](=O)[O-]. The van der Waals surface area contributed by atoms with Crippen LogP contribution in [0.2, 0.25) is 0 Å². The van der Waals surface area contributed by atoms with E-state index in [0.29, 0.717) is 18.0 Å². The highest BCUT2D eigenvalue weighted by Crippen LogP contribution is 2.40. The summed E-state index contributed by atoms with van der Waals surface area (Å²) in [5.41, 5.74) is 0.554. The molecule has 0 aromatic heterocycles. The lowest BCUT2D eigenvalue weighted by atomic mass is 10.2. The molecule has 6 nitrogen and oxygen atoms in total. The third kappa shape index (κ3) is 4.01. The molecule has 0 bridgehead atoms. The summed E-state index contributed by atoms with van der Waals surface area (Å²) in [5.74, 6) is 0.550. The first-order valence-electron chi connectivity index (χ1n) is 6.25. The summed E-state index contributed by atoms with van der Waals surface area (Å²) in [6.07, 6.45) is 0.770. The molecule has 6 heteroatoms. The van der Waals surface area contributed by atoms with Gasteiger partial charge in [-0.1, -0.05) is 6.92 Å². The Hall–Kier alpha value is -1.98. The van der Waals surface area contributed by atoms with Crippen molar-refractivity contribution in [3.8, 4) is 11.5 Å². The maximum Gasteiger partial charge on any atom is 0.316 e. The fourth-order valence-electron chi connectivity index (χ4n) is 1.64. The zero-order chi connectivity index (χ0) is 14.4. The standard InChI is InChI=1S/C13H20N2O4/c1-5-6-19-13-11(15(16)17)7-10(14-9(2)3)8-12(13)18-4/h7-9,14H,5-6H2,1-4H3. The van der Waals surface area contributed by atoms with E-state index < -0.39 is 4.92 Å². The molecule has 1 aromatic rings. The maximum absolute atomic E-state index is 11.1. The van der Waals surface area contributed by atoms with Crippen molar-refractivity contribution in [2.45, 2.75) is 33.2 Å². The normalized spacial score (nSPS) is 10.4. The topological polar surface area (TPSA) is 73.6 Å². The second-order valence-corrected chi connectivity index (χ2v) is 4.43. The third-order valence-corrected chi connectivity index (χ3v) is 2.36. The summed E-state index contributed by atoms with van der Waals surface area (Å²) in [4.78, 5) is 10.7. The van der Waals surface area contributed by atoms with E-state index in [-0.39, 0.29) is 17.5 Å². The number of benzene rings is 1. The molecule has 0 amide bonds. The number of hydrogen-bond acceptors (Lipinski definition) is 5. The molecule has 0 unspecified atom stereocenters. The minimum absolute atomic E-state index is 0.0871. The average molecular weight is 268 g/mol. The van der Waals surface area contributed by atoms with Gasteiger partial charge in [-0.25, -0.2) is 0 Å². The highest BCUT2D eigenvalue weighted by molar-refractivity contribution is 5.66. The van der Waals surface area contributed by atoms with Crippen molar-refractivity contribution in [1.29, 1.82) is 0 Å². The number of nitrogens with zero attached hydrogens (tertiary/aromatic N) is 1. The fraction of sp³-hybridized carbons (Fsp3) is 0.538. The Morgan fingerprint density at radius 2 is 2.11 bits per heavy atom. The molecule has 0 aliphatic carbocycles. The summed E-state index contributed by atoms with van der Waals surface area (Å²) >= 11 is 0. The summed E-state index contributed by atoms with van der Waals surface area (Å²) in [6, 6.07) is 3.35. The van der Waals surface area contributed by atoms with Crippen LogP contribution in [-0.2, 0) is 0 Å². The molecule has 1 rings (SSSR count). The van der Waals surface area contributed by atoms with Crippen molar-refractivity contribution in [3.63, 3.8) is 0 Å². The van der Waals surface area contributed by atoms with Crippen LogP contribution < -0.4 is 14.8 Å². The van der Waals surface area contributed by atoms with Crippen LogP contribution in [0.25, 0.3) is 0 Å². The third-order valence-electron chi connectivity index (χ3n) is 2.36. The predicted octanol–water partition coefficient (Wildman–Crippen LogP) is 3.21. The average Bonchev–Trinajstić information content (AvgIpc) is 2.35. The Labute approximate surface area is 112 Å². The molecule has 0 fully saturated rings. The first-order chi connectivity index (χ1) is 8.99. The number of ether oxygens (including phenoxy) is 2. The van der Waals surface area contributed by atoms with E-state index in [0.717, 1.165) is 6.42 Å². The molecule has 0 saturated heterocycles. The Balaban J connectivity index is 3.23. The lowest BCUT2D eigenvalue weighted by molar-refractivity contribution is -0.385. The molecular weight excluding hydrogens is 248 g/mol. The zero-order valence-corrected chi connectivity index (χ0v) is 11.7. The fourth-order valence-corrected chi connectivity index (χ4v) is 1.64. The number of hydrogen-bond donors (Lipinski definition) is 1. The lowest BCUT2D eigenvalue weighted by Crippen LogP contribution is -2.10. The van der Waals surface area contributed by atoms with Gasteiger partial charge < -0.3 is 14.8 Å². The molecular formula is C13H20N2O4. The van der Waals surface area contributed by atoms with E-state index in [1.807, 2.05) is 20.8 Å². The molecule has 0 saturated carbocycles. The van der Waals surface area contributed by atoms with Crippen molar-refractivity contribution >= 4 is 11.4 Å². The molecule has 0 aliphatic rings. The minimum Gasteiger partial charge on any atom is -0.493 e. The van der Waals surface area contributed by atoms with Crippen molar-refractivity contribution in [1.82, 2.24) is 0 Å². The summed E-state index contributed by atoms with van der Waals surface area (Å²) < 4.78 is 10.6. The highest BCUT2D eigenvalue weighted by atomic mass is 16.6. The second kappa shape index (κ2) is 6.82. The molecule has 19 heavy (non-hydrogen) atoms. The van der Waals surface area contributed by atoms with Gasteiger partial charge in [0.2, 0.25) is 5.75 Å². The van der Waals surface area contributed by atoms with Gasteiger partial charge in [0.1, 0.15) is 0 Å². The quantitative estimate of drug-likeness (QED) is 0.607. The monoisotopic (exact) mass is 268 g/mol. The van der Waals surface area contributed by atoms with Gasteiger partial charge in [-0.05, 0) is 20.3 Å². The highest BCUT2D eigenvalue weighted by Gasteiger charge is 2.22. The van der Waals surface area contributed by atoms with Crippen LogP contribution in [0.5, 0.6) is 11.5 Å². The van der Waals surface area contributed by atoms with Crippen molar-refractivity contribution in [3.05, 3.63) is 22.2 Å². The van der Waals surface area contributed by atoms with E-state index in [1.165, 1.54) is 13.2 Å². The van der Waals surface area contributed by atoms with Crippen molar-refractivity contribution in [2.24, 2.45) is 0 Å². The molecule has 0 aliphatic heterocycles. The number of nitro groups is 1. The molecule has 0 spiro atoms. The molecule has 1 N–H and O–H groups in total. The Kier molecular flexibility index (Phi) is 5.41. The van der Waals surface area contributed by atoms with E-state index in [9.17, 15) is 10.1 Å². The van der Waals surface area contributed by atoms with Gasteiger partial charge in [-0.2, -0.15) is 0 Å². The second-order valence-electron chi connectivity index (χ2n) is 4.43. The number of anilines is 1. The van der Waals surface area contributed by atoms with Crippen LogP contribution in [0.1, 0.15) is 27.2 Å². The number of nitrogens with one attached hydrogen (secondary N) is 1. The largest absolute Gasteiger partial charge is 0.493 e. The predicted molar refractivity (Wildman–Crippen MR) is 74.2 cm³/mol. The van der Waals surface area contributed by atoms with Crippen LogP contribution in [0.15, 0.2) is 12.1 Å². The van der Waals surface area contributed by atoms with Crippen LogP contribution in [0.3, 0.4) is 0 Å². The first kappa shape index (κ1) is 15.1. The molecule has 106 valence electrons. The van der Waals surface area contributed by atoms with Crippen LogP contribution >= 0.6 is 0 Å². The Morgan fingerprint density at radius 3 is 2.58 bits per heavy atom. The van der Waals surface area contributed by atoms with Gasteiger partial charge in [0, 0.05) is 23.9 Å². The summed E-state index contributed by atoms with van der Waals surface area (Å²) in [5, 5.41) is 14.3. The van der Waals surface area contributed by atoms with Crippen LogP contribution in [0.4, 0.5) is 11.4 Å². The van der Waals surface area contributed by atoms with Gasteiger partial charge in [0.15, 0.2) is 5.75 Å². The first-order valence-corrected chi connectivity index (χ1v) is 6.25. The molecule has 1 aromatic carbocycles. The van der Waals surface area contributed by atoms with Crippen LogP contribution in [0, 0.1) is 10.1 Å². The minimum atomic E-state index is -0.459. The Bertz CT molecular complexity index is 447. The van der Waals surface area contributed by atoms with Crippen molar-refractivity contribution < 1.29 is 14.4 Å². The zero-order valence-electron chi connectivity index (χ0n) is 11.7. The molecule has 0 atom stereocenters. The number of nitro benzene ring substituents is 1. The van der Waals surface area contributed by atoms with Gasteiger partial charge in [-0.15, -0.1) is 0 Å². The summed E-state index contributed by atoms with van der Waals surface area (Å²) in [7, 11) is 1.47. The van der Waals surface area contributed by atoms with E-state index in [2.05, 4.69) is 5.32 Å². The smallest absolute Gasteiger partial charge is 0.316 e. The summed E-state index contributed by atoms with van der Waals surface area (Å²) in [6.45, 7) is 6.26. The van der Waals surface area contributed by atoms with E-state index in [4.69, 9.17) is 9.47 Å². The van der Waals surface area contributed by atoms with E-state index in [1.54, 1.807) is 6.07 Å². The number of methoxy groups -OCH3 is 1. The van der Waals surface area contributed by atoms with Gasteiger partial charge in [0.25, 0.3) is 0 Å². The molecule has 0 radical (unpaired) electrons. The maximum atomic E-state index is 11.1.